The number of thiazole rings is 1. The predicted molar refractivity (Wildman–Crippen MR) is 133 cm³/mol. The second-order valence-corrected chi connectivity index (χ2v) is 9.52. The molecule has 0 aliphatic heterocycles. The van der Waals surface area contributed by atoms with Crippen molar-refractivity contribution < 1.29 is 14.3 Å². The number of amides is 1. The summed E-state index contributed by atoms with van der Waals surface area (Å²) in [7, 11) is 3.46. The summed E-state index contributed by atoms with van der Waals surface area (Å²) in [5, 5.41) is 14.3. The number of halogens is 1. The van der Waals surface area contributed by atoms with E-state index in [4.69, 9.17) is 9.47 Å². The molecule has 8 nitrogen and oxygen atoms in total. The highest BCUT2D eigenvalue weighted by molar-refractivity contribution is 9.10. The Balaban J connectivity index is 1.28. The van der Waals surface area contributed by atoms with Crippen LogP contribution >= 0.6 is 39.0 Å². The number of ether oxygens (including phenoxy) is 2. The molecule has 2 heterocycles. The summed E-state index contributed by atoms with van der Waals surface area (Å²) in [6, 6.07) is 15.2. The van der Waals surface area contributed by atoms with Gasteiger partial charge in [0.1, 0.15) is 18.1 Å². The lowest BCUT2D eigenvalue weighted by Crippen LogP contribution is -2.14. The van der Waals surface area contributed by atoms with Crippen molar-refractivity contribution in [1.29, 1.82) is 0 Å². The van der Waals surface area contributed by atoms with Crippen molar-refractivity contribution >= 4 is 50.1 Å². The maximum Gasteiger partial charge on any atom is 0.236 e. The van der Waals surface area contributed by atoms with Crippen LogP contribution in [-0.2, 0) is 18.4 Å². The number of carbonyl (C=O) groups excluding carboxylic acids is 1. The van der Waals surface area contributed by atoms with Crippen molar-refractivity contribution in [2.45, 2.75) is 11.8 Å². The van der Waals surface area contributed by atoms with Gasteiger partial charge in [0, 0.05) is 22.5 Å². The van der Waals surface area contributed by atoms with Crippen LogP contribution in [0.2, 0.25) is 0 Å². The maximum atomic E-state index is 12.4. The van der Waals surface area contributed by atoms with E-state index in [0.29, 0.717) is 21.9 Å². The second-order valence-electron chi connectivity index (χ2n) is 6.80. The Morgan fingerprint density at radius 3 is 2.58 bits per heavy atom. The van der Waals surface area contributed by atoms with Crippen LogP contribution in [-0.4, -0.2) is 38.5 Å². The van der Waals surface area contributed by atoms with E-state index in [1.54, 1.807) is 7.11 Å². The summed E-state index contributed by atoms with van der Waals surface area (Å²) in [6.45, 7) is 0.264. The average molecular weight is 546 g/mol. The fourth-order valence-electron chi connectivity index (χ4n) is 2.79. The van der Waals surface area contributed by atoms with Crippen molar-refractivity contribution in [3.05, 3.63) is 64.2 Å². The molecule has 0 saturated heterocycles. The Morgan fingerprint density at radius 1 is 1.12 bits per heavy atom. The first-order valence-corrected chi connectivity index (χ1v) is 12.5. The summed E-state index contributed by atoms with van der Waals surface area (Å²) in [5.41, 5.74) is 1.82. The molecule has 2 aromatic heterocycles. The van der Waals surface area contributed by atoms with Crippen LogP contribution in [0.3, 0.4) is 0 Å². The highest BCUT2D eigenvalue weighted by Crippen LogP contribution is 2.26. The van der Waals surface area contributed by atoms with Gasteiger partial charge in [-0.3, -0.25) is 4.79 Å². The van der Waals surface area contributed by atoms with E-state index in [-0.39, 0.29) is 18.3 Å². The van der Waals surface area contributed by atoms with Gasteiger partial charge in [-0.05, 0) is 36.4 Å². The third-order valence-electron chi connectivity index (χ3n) is 4.58. The normalized spacial score (nSPS) is 10.8. The molecule has 1 amide bonds. The zero-order chi connectivity index (χ0) is 23.2. The van der Waals surface area contributed by atoms with E-state index < -0.39 is 0 Å². The fraction of sp³-hybridized carbons (Fsp3) is 0.182. The summed E-state index contributed by atoms with van der Waals surface area (Å²) >= 11 is 6.12. The number of carbonyl (C=O) groups is 1. The monoisotopic (exact) mass is 545 g/mol. The number of nitrogens with one attached hydrogen (secondary N) is 1. The summed E-state index contributed by atoms with van der Waals surface area (Å²) in [6.07, 6.45) is 0. The third kappa shape index (κ3) is 6.12. The first-order valence-electron chi connectivity index (χ1n) is 9.81. The van der Waals surface area contributed by atoms with Crippen molar-refractivity contribution in [3.8, 4) is 22.8 Å². The zero-order valence-electron chi connectivity index (χ0n) is 17.8. The standard InChI is InChI=1S/C22H20BrN5O3S2/c1-28-19(11-31-17-9-7-16(30-2)8-10-17)26-27-22(28)33-13-20(29)25-21-24-18(12-32-21)14-3-5-15(23)6-4-14/h3-10,12H,11,13H2,1-2H3,(H,24,25,29). The predicted octanol–water partition coefficient (Wildman–Crippen LogP) is 5.02. The van der Waals surface area contributed by atoms with E-state index in [1.807, 2.05) is 65.5 Å². The van der Waals surface area contributed by atoms with Crippen LogP contribution in [0.25, 0.3) is 11.3 Å². The summed E-state index contributed by atoms with van der Waals surface area (Å²) in [4.78, 5) is 16.9. The molecule has 0 saturated carbocycles. The number of aromatic nitrogens is 4. The molecular weight excluding hydrogens is 526 g/mol. The first kappa shape index (κ1) is 23.3. The molecule has 0 atom stereocenters. The van der Waals surface area contributed by atoms with E-state index in [1.165, 1.54) is 23.1 Å². The Morgan fingerprint density at radius 2 is 1.85 bits per heavy atom. The fourth-order valence-corrected chi connectivity index (χ4v) is 4.52. The molecule has 33 heavy (non-hydrogen) atoms. The lowest BCUT2D eigenvalue weighted by atomic mass is 10.2. The van der Waals surface area contributed by atoms with Gasteiger partial charge in [-0.15, -0.1) is 21.5 Å². The molecule has 0 radical (unpaired) electrons. The van der Waals surface area contributed by atoms with Crippen molar-refractivity contribution in [1.82, 2.24) is 19.7 Å². The van der Waals surface area contributed by atoms with Gasteiger partial charge in [0.25, 0.3) is 0 Å². The van der Waals surface area contributed by atoms with E-state index in [2.05, 4.69) is 36.4 Å². The average Bonchev–Trinajstić information content (AvgIpc) is 3.43. The molecule has 2 aromatic carbocycles. The Hall–Kier alpha value is -2.89. The van der Waals surface area contributed by atoms with Crippen molar-refractivity contribution in [2.24, 2.45) is 7.05 Å². The van der Waals surface area contributed by atoms with Crippen LogP contribution in [0.4, 0.5) is 5.13 Å². The Labute approximate surface area is 207 Å². The van der Waals surface area contributed by atoms with Gasteiger partial charge in [-0.1, -0.05) is 39.8 Å². The number of hydrogen-bond donors (Lipinski definition) is 1. The summed E-state index contributed by atoms with van der Waals surface area (Å²) in [5.74, 6) is 2.17. The van der Waals surface area contributed by atoms with Crippen molar-refractivity contribution in [3.63, 3.8) is 0 Å². The molecule has 0 spiro atoms. The molecule has 4 aromatic rings. The lowest BCUT2D eigenvalue weighted by molar-refractivity contribution is -0.113. The molecule has 4 rings (SSSR count). The van der Waals surface area contributed by atoms with Crippen molar-refractivity contribution in [2.75, 3.05) is 18.2 Å². The first-order chi connectivity index (χ1) is 16.0. The molecule has 0 aliphatic carbocycles. The lowest BCUT2D eigenvalue weighted by Gasteiger charge is -2.07. The van der Waals surface area contributed by atoms with Gasteiger partial charge >= 0.3 is 0 Å². The van der Waals surface area contributed by atoms with E-state index in [0.717, 1.165) is 21.5 Å². The van der Waals surface area contributed by atoms with Crippen LogP contribution in [0, 0.1) is 0 Å². The molecule has 0 unspecified atom stereocenters. The molecular formula is C22H20BrN5O3S2. The molecule has 0 bridgehead atoms. The van der Waals surface area contributed by atoms with Crippen LogP contribution in [0.15, 0.2) is 63.5 Å². The molecule has 0 aliphatic rings. The van der Waals surface area contributed by atoms with Gasteiger partial charge in [0.15, 0.2) is 16.1 Å². The largest absolute Gasteiger partial charge is 0.497 e. The quantitative estimate of drug-likeness (QED) is 0.295. The maximum absolute atomic E-state index is 12.4. The number of thioether (sulfide) groups is 1. The minimum absolute atomic E-state index is 0.157. The van der Waals surface area contributed by atoms with Crippen LogP contribution in [0.5, 0.6) is 11.5 Å². The Bertz CT molecular complexity index is 1230. The van der Waals surface area contributed by atoms with Gasteiger partial charge < -0.3 is 19.4 Å². The number of nitrogens with zero attached hydrogens (tertiary/aromatic N) is 4. The van der Waals surface area contributed by atoms with Gasteiger partial charge in [0.05, 0.1) is 18.6 Å². The van der Waals surface area contributed by atoms with E-state index >= 15 is 0 Å². The number of methoxy groups -OCH3 is 1. The molecule has 11 heteroatoms. The topological polar surface area (TPSA) is 91.2 Å². The number of rotatable bonds is 9. The highest BCUT2D eigenvalue weighted by Gasteiger charge is 2.13. The van der Waals surface area contributed by atoms with Crippen LogP contribution in [0.1, 0.15) is 5.82 Å². The molecule has 1 N–H and O–H groups in total. The van der Waals surface area contributed by atoms with Gasteiger partial charge in [0.2, 0.25) is 5.91 Å². The molecule has 170 valence electrons. The molecule has 0 fully saturated rings. The third-order valence-corrected chi connectivity index (χ3v) is 6.88. The highest BCUT2D eigenvalue weighted by atomic mass is 79.9. The number of benzene rings is 2. The zero-order valence-corrected chi connectivity index (χ0v) is 21.0. The number of anilines is 1. The minimum Gasteiger partial charge on any atom is -0.497 e. The number of hydrogen-bond acceptors (Lipinski definition) is 8. The van der Waals surface area contributed by atoms with Gasteiger partial charge in [-0.2, -0.15) is 0 Å². The van der Waals surface area contributed by atoms with Crippen LogP contribution < -0.4 is 14.8 Å². The van der Waals surface area contributed by atoms with Gasteiger partial charge in [-0.25, -0.2) is 4.98 Å². The van der Waals surface area contributed by atoms with E-state index in [9.17, 15) is 4.79 Å². The second kappa shape index (κ2) is 10.8. The SMILES string of the molecule is COc1ccc(OCc2nnc(SCC(=O)Nc3nc(-c4ccc(Br)cc4)cs3)n2C)cc1. The smallest absolute Gasteiger partial charge is 0.236 e. The Kier molecular flexibility index (Phi) is 7.63. The minimum atomic E-state index is -0.157. The summed E-state index contributed by atoms with van der Waals surface area (Å²) < 4.78 is 13.7.